The van der Waals surface area contributed by atoms with Gasteiger partial charge in [0.1, 0.15) is 11.6 Å². The highest BCUT2D eigenvalue weighted by Crippen LogP contribution is 2.33. The Hall–Kier alpha value is -1.94. The number of hydrazine groups is 1. The van der Waals surface area contributed by atoms with Crippen LogP contribution in [0.3, 0.4) is 0 Å². The van der Waals surface area contributed by atoms with Crippen LogP contribution in [-0.4, -0.2) is 9.97 Å². The Morgan fingerprint density at radius 1 is 1.10 bits per heavy atom. The number of nitrogens with zero attached hydrogens (tertiary/aromatic N) is 2. The Balaban J connectivity index is 1.87. The van der Waals surface area contributed by atoms with Crippen LogP contribution >= 0.6 is 0 Å². The van der Waals surface area contributed by atoms with Gasteiger partial charge in [-0.2, -0.15) is 0 Å². The zero-order chi connectivity index (χ0) is 13.8. The van der Waals surface area contributed by atoms with Gasteiger partial charge < -0.3 is 5.43 Å². The van der Waals surface area contributed by atoms with Gasteiger partial charge in [-0.3, -0.25) is 0 Å². The molecule has 0 aliphatic heterocycles. The van der Waals surface area contributed by atoms with E-state index in [1.807, 2.05) is 24.3 Å². The van der Waals surface area contributed by atoms with Crippen molar-refractivity contribution in [2.24, 2.45) is 5.84 Å². The number of nitrogens with two attached hydrogens (primary N) is 1. The summed E-state index contributed by atoms with van der Waals surface area (Å²) >= 11 is 0. The lowest BCUT2D eigenvalue weighted by Gasteiger charge is -2.12. The summed E-state index contributed by atoms with van der Waals surface area (Å²) in [6, 6.07) is 12.3. The molecule has 1 aliphatic rings. The van der Waals surface area contributed by atoms with Gasteiger partial charge in [0.15, 0.2) is 0 Å². The number of rotatable bonds is 4. The number of aromatic nitrogens is 2. The zero-order valence-electron chi connectivity index (χ0n) is 11.5. The fraction of sp³-hybridized carbons (Fsp3) is 0.375. The summed E-state index contributed by atoms with van der Waals surface area (Å²) in [5, 5.41) is 0. The Kier molecular flexibility index (Phi) is 3.92. The van der Waals surface area contributed by atoms with Crippen LogP contribution in [0, 0.1) is 0 Å². The summed E-state index contributed by atoms with van der Waals surface area (Å²) in [5.41, 5.74) is 5.02. The maximum Gasteiger partial charge on any atom is 0.143 e. The molecule has 0 spiro atoms. The molecule has 1 aromatic carbocycles. The van der Waals surface area contributed by atoms with Crippen molar-refractivity contribution in [1.82, 2.24) is 9.97 Å². The summed E-state index contributed by atoms with van der Waals surface area (Å²) < 4.78 is 0. The standard InChI is InChI=1S/C16H20N4/c17-20-16-11-14(13-8-4-5-9-13)18-15(19-16)10-12-6-2-1-3-7-12/h1-3,6-7,11,13H,4-5,8-10,17H2,(H,18,19,20). The maximum atomic E-state index is 5.54. The van der Waals surface area contributed by atoms with Gasteiger partial charge in [0, 0.05) is 24.1 Å². The lowest BCUT2D eigenvalue weighted by molar-refractivity contribution is 0.686. The van der Waals surface area contributed by atoms with Gasteiger partial charge >= 0.3 is 0 Å². The second-order valence-electron chi connectivity index (χ2n) is 5.38. The predicted molar refractivity (Wildman–Crippen MR) is 80.3 cm³/mol. The van der Waals surface area contributed by atoms with Gasteiger partial charge in [0.2, 0.25) is 0 Å². The van der Waals surface area contributed by atoms with Crippen molar-refractivity contribution in [3.63, 3.8) is 0 Å². The highest BCUT2D eigenvalue weighted by molar-refractivity contribution is 5.36. The molecular formula is C16H20N4. The maximum absolute atomic E-state index is 5.54. The molecule has 1 heterocycles. The van der Waals surface area contributed by atoms with E-state index in [1.54, 1.807) is 0 Å². The van der Waals surface area contributed by atoms with E-state index in [1.165, 1.54) is 31.2 Å². The van der Waals surface area contributed by atoms with Crippen LogP contribution in [0.1, 0.15) is 48.7 Å². The third kappa shape index (κ3) is 2.96. The Morgan fingerprint density at radius 2 is 1.85 bits per heavy atom. The molecule has 104 valence electrons. The molecule has 0 radical (unpaired) electrons. The van der Waals surface area contributed by atoms with Crippen molar-refractivity contribution < 1.29 is 0 Å². The Labute approximate surface area is 119 Å². The van der Waals surface area contributed by atoms with Gasteiger partial charge in [-0.25, -0.2) is 15.8 Å². The largest absolute Gasteiger partial charge is 0.308 e. The van der Waals surface area contributed by atoms with Gasteiger partial charge in [0.25, 0.3) is 0 Å². The van der Waals surface area contributed by atoms with E-state index >= 15 is 0 Å². The molecule has 4 nitrogen and oxygen atoms in total. The number of hydrogen-bond acceptors (Lipinski definition) is 4. The molecule has 4 heteroatoms. The lowest BCUT2D eigenvalue weighted by atomic mass is 10.0. The second kappa shape index (κ2) is 6.01. The summed E-state index contributed by atoms with van der Waals surface area (Å²) in [5.74, 6) is 7.67. The number of nitrogens with one attached hydrogen (secondary N) is 1. The first-order valence-corrected chi connectivity index (χ1v) is 7.23. The normalized spacial score (nSPS) is 15.4. The minimum absolute atomic E-state index is 0.569. The number of nitrogen functional groups attached to an aromatic ring is 1. The Bertz CT molecular complexity index is 562. The van der Waals surface area contributed by atoms with Crippen molar-refractivity contribution in [3.8, 4) is 0 Å². The number of hydrogen-bond donors (Lipinski definition) is 2. The van der Waals surface area contributed by atoms with Crippen LogP contribution in [0.25, 0.3) is 0 Å². The topological polar surface area (TPSA) is 63.8 Å². The van der Waals surface area contributed by atoms with E-state index < -0.39 is 0 Å². The molecular weight excluding hydrogens is 248 g/mol. The van der Waals surface area contributed by atoms with Crippen LogP contribution < -0.4 is 11.3 Å². The Morgan fingerprint density at radius 3 is 2.55 bits per heavy atom. The fourth-order valence-electron chi connectivity index (χ4n) is 2.88. The highest BCUT2D eigenvalue weighted by Gasteiger charge is 2.19. The second-order valence-corrected chi connectivity index (χ2v) is 5.38. The molecule has 1 aliphatic carbocycles. The van der Waals surface area contributed by atoms with E-state index in [0.29, 0.717) is 11.7 Å². The average molecular weight is 268 g/mol. The van der Waals surface area contributed by atoms with Gasteiger partial charge in [-0.05, 0) is 18.4 Å². The van der Waals surface area contributed by atoms with E-state index in [-0.39, 0.29) is 0 Å². The minimum atomic E-state index is 0.569. The first-order chi connectivity index (χ1) is 9.85. The van der Waals surface area contributed by atoms with Crippen LogP contribution in [-0.2, 0) is 6.42 Å². The molecule has 2 aromatic rings. The molecule has 0 bridgehead atoms. The first-order valence-electron chi connectivity index (χ1n) is 7.23. The molecule has 1 aromatic heterocycles. The third-order valence-electron chi connectivity index (χ3n) is 3.92. The van der Waals surface area contributed by atoms with Gasteiger partial charge in [-0.1, -0.05) is 43.2 Å². The van der Waals surface area contributed by atoms with Crippen LogP contribution in [0.15, 0.2) is 36.4 Å². The predicted octanol–water partition coefficient (Wildman–Crippen LogP) is 3.01. The van der Waals surface area contributed by atoms with E-state index in [4.69, 9.17) is 10.8 Å². The lowest BCUT2D eigenvalue weighted by Crippen LogP contribution is -2.12. The quantitative estimate of drug-likeness (QED) is 0.661. The molecule has 0 amide bonds. The van der Waals surface area contributed by atoms with Crippen LogP contribution in [0.5, 0.6) is 0 Å². The zero-order valence-corrected chi connectivity index (χ0v) is 11.5. The van der Waals surface area contributed by atoms with Crippen molar-refractivity contribution >= 4 is 5.82 Å². The van der Waals surface area contributed by atoms with E-state index in [2.05, 4.69) is 22.5 Å². The smallest absolute Gasteiger partial charge is 0.143 e. The van der Waals surface area contributed by atoms with E-state index in [0.717, 1.165) is 17.9 Å². The molecule has 20 heavy (non-hydrogen) atoms. The number of benzene rings is 1. The van der Waals surface area contributed by atoms with Gasteiger partial charge in [0.05, 0.1) is 0 Å². The monoisotopic (exact) mass is 268 g/mol. The molecule has 1 fully saturated rings. The third-order valence-corrected chi connectivity index (χ3v) is 3.92. The summed E-state index contributed by atoms with van der Waals surface area (Å²) in [4.78, 5) is 9.22. The summed E-state index contributed by atoms with van der Waals surface area (Å²) in [6.07, 6.45) is 5.80. The molecule has 0 atom stereocenters. The molecule has 0 saturated heterocycles. The summed E-state index contributed by atoms with van der Waals surface area (Å²) in [7, 11) is 0. The molecule has 0 unspecified atom stereocenters. The average Bonchev–Trinajstić information content (AvgIpc) is 3.02. The highest BCUT2D eigenvalue weighted by atomic mass is 15.3. The van der Waals surface area contributed by atoms with Crippen molar-refractivity contribution in [2.75, 3.05) is 5.43 Å². The van der Waals surface area contributed by atoms with Gasteiger partial charge in [-0.15, -0.1) is 0 Å². The first kappa shape index (κ1) is 13.1. The van der Waals surface area contributed by atoms with Crippen molar-refractivity contribution in [3.05, 3.63) is 53.5 Å². The van der Waals surface area contributed by atoms with E-state index in [9.17, 15) is 0 Å². The molecule has 3 N–H and O–H groups in total. The van der Waals surface area contributed by atoms with Crippen LogP contribution in [0.2, 0.25) is 0 Å². The minimum Gasteiger partial charge on any atom is -0.308 e. The number of anilines is 1. The molecule has 1 saturated carbocycles. The fourth-order valence-corrected chi connectivity index (χ4v) is 2.88. The SMILES string of the molecule is NNc1cc(C2CCCC2)nc(Cc2ccccc2)n1. The van der Waals surface area contributed by atoms with Crippen molar-refractivity contribution in [1.29, 1.82) is 0 Å². The van der Waals surface area contributed by atoms with Crippen LogP contribution in [0.4, 0.5) is 5.82 Å². The summed E-state index contributed by atoms with van der Waals surface area (Å²) in [6.45, 7) is 0. The molecule has 3 rings (SSSR count). The van der Waals surface area contributed by atoms with Crippen molar-refractivity contribution in [2.45, 2.75) is 38.0 Å².